The van der Waals surface area contributed by atoms with Gasteiger partial charge in [0.1, 0.15) is 11.6 Å². The summed E-state index contributed by atoms with van der Waals surface area (Å²) in [4.78, 5) is 4.38. The Labute approximate surface area is 103 Å². The Morgan fingerprint density at radius 3 is 2.38 bits per heavy atom. The minimum atomic E-state index is 0.828. The van der Waals surface area contributed by atoms with Gasteiger partial charge in [0.15, 0.2) is 0 Å². The third-order valence-corrected chi connectivity index (χ3v) is 2.65. The lowest BCUT2D eigenvalue weighted by atomic mass is 10.3. The lowest BCUT2D eigenvalue weighted by molar-refractivity contribution is 1.28. The van der Waals surface area contributed by atoms with Gasteiger partial charge in [0.2, 0.25) is 0 Å². The summed E-state index contributed by atoms with van der Waals surface area (Å²) in [5, 5.41) is 6.24. The fraction of sp³-hybridized carbons (Fsp3) is 0.0833. The maximum Gasteiger partial charge on any atom is 0.132 e. The van der Waals surface area contributed by atoms with Crippen LogP contribution in [0, 0.1) is 0 Å². The summed E-state index contributed by atoms with van der Waals surface area (Å²) in [6, 6.07) is 13.8. The van der Waals surface area contributed by atoms with Crippen molar-refractivity contribution in [3.05, 3.63) is 46.9 Å². The minimum absolute atomic E-state index is 0.828. The van der Waals surface area contributed by atoms with Crippen molar-refractivity contribution < 1.29 is 0 Å². The second-order valence-corrected chi connectivity index (χ2v) is 4.21. The van der Waals surface area contributed by atoms with Crippen LogP contribution in [0.5, 0.6) is 0 Å². The molecule has 0 aliphatic carbocycles. The molecule has 0 radical (unpaired) electrons. The molecule has 0 fully saturated rings. The van der Waals surface area contributed by atoms with Gasteiger partial charge in [0.05, 0.1) is 0 Å². The van der Waals surface area contributed by atoms with Gasteiger partial charge in [0, 0.05) is 17.2 Å². The van der Waals surface area contributed by atoms with E-state index in [2.05, 4.69) is 31.5 Å². The van der Waals surface area contributed by atoms with Crippen LogP contribution < -0.4 is 10.6 Å². The normalized spacial score (nSPS) is 9.88. The fourth-order valence-electron chi connectivity index (χ4n) is 1.32. The van der Waals surface area contributed by atoms with Gasteiger partial charge >= 0.3 is 0 Å². The quantitative estimate of drug-likeness (QED) is 0.900. The van der Waals surface area contributed by atoms with Gasteiger partial charge in [-0.2, -0.15) is 0 Å². The maximum absolute atomic E-state index is 4.38. The number of aromatic nitrogens is 1. The molecule has 4 heteroatoms. The predicted molar refractivity (Wildman–Crippen MR) is 71.2 cm³/mol. The first-order chi connectivity index (χ1) is 7.78. The zero-order valence-corrected chi connectivity index (χ0v) is 10.5. The van der Waals surface area contributed by atoms with Gasteiger partial charge in [-0.25, -0.2) is 4.98 Å². The van der Waals surface area contributed by atoms with Crippen LogP contribution in [0.2, 0.25) is 0 Å². The molecular weight excluding hydrogens is 266 g/mol. The number of hydrogen-bond donors (Lipinski definition) is 2. The number of pyridine rings is 1. The second-order valence-electron chi connectivity index (χ2n) is 3.29. The van der Waals surface area contributed by atoms with Crippen molar-refractivity contribution >= 4 is 33.3 Å². The highest BCUT2D eigenvalue weighted by Crippen LogP contribution is 2.18. The Kier molecular flexibility index (Phi) is 3.41. The molecule has 0 saturated heterocycles. The van der Waals surface area contributed by atoms with E-state index in [0.29, 0.717) is 0 Å². The molecule has 2 N–H and O–H groups in total. The second kappa shape index (κ2) is 4.99. The van der Waals surface area contributed by atoms with Crippen molar-refractivity contribution in [3.63, 3.8) is 0 Å². The van der Waals surface area contributed by atoms with Crippen molar-refractivity contribution in [2.24, 2.45) is 0 Å². The average Bonchev–Trinajstić information content (AvgIpc) is 2.32. The molecule has 2 aromatic rings. The third-order valence-electron chi connectivity index (χ3n) is 2.12. The fourth-order valence-corrected chi connectivity index (χ4v) is 1.59. The van der Waals surface area contributed by atoms with Crippen molar-refractivity contribution in [2.45, 2.75) is 0 Å². The van der Waals surface area contributed by atoms with Crippen LogP contribution in [-0.2, 0) is 0 Å². The Balaban J connectivity index is 2.16. The maximum atomic E-state index is 4.38. The first-order valence-corrected chi connectivity index (χ1v) is 5.74. The number of nitrogens with one attached hydrogen (secondary N) is 2. The summed E-state index contributed by atoms with van der Waals surface area (Å²) in [7, 11) is 1.85. The first-order valence-electron chi connectivity index (χ1n) is 4.95. The van der Waals surface area contributed by atoms with Crippen LogP contribution in [0.4, 0.5) is 17.3 Å². The van der Waals surface area contributed by atoms with Crippen LogP contribution in [0.3, 0.4) is 0 Å². The van der Waals surface area contributed by atoms with E-state index in [1.165, 1.54) is 0 Å². The number of hydrogen-bond acceptors (Lipinski definition) is 3. The molecule has 1 aromatic heterocycles. The number of nitrogens with zero attached hydrogens (tertiary/aromatic N) is 1. The highest BCUT2D eigenvalue weighted by molar-refractivity contribution is 9.10. The lowest BCUT2D eigenvalue weighted by Crippen LogP contribution is -1.97. The molecule has 0 spiro atoms. The smallest absolute Gasteiger partial charge is 0.132 e. The Hall–Kier alpha value is -1.55. The molecule has 0 aliphatic heterocycles. The zero-order chi connectivity index (χ0) is 11.4. The zero-order valence-electron chi connectivity index (χ0n) is 8.87. The summed E-state index contributed by atoms with van der Waals surface area (Å²) in [5.41, 5.74) is 1.02. The average molecular weight is 278 g/mol. The van der Waals surface area contributed by atoms with Crippen LogP contribution >= 0.6 is 15.9 Å². The Morgan fingerprint density at radius 2 is 1.69 bits per heavy atom. The number of anilines is 3. The summed E-state index contributed by atoms with van der Waals surface area (Å²) in [5.74, 6) is 1.68. The van der Waals surface area contributed by atoms with Crippen LogP contribution in [-0.4, -0.2) is 12.0 Å². The summed E-state index contributed by atoms with van der Waals surface area (Å²) in [6.45, 7) is 0. The summed E-state index contributed by atoms with van der Waals surface area (Å²) >= 11 is 3.40. The highest BCUT2D eigenvalue weighted by atomic mass is 79.9. The molecular formula is C12H12BrN3. The van der Waals surface area contributed by atoms with Crippen LogP contribution in [0.1, 0.15) is 0 Å². The van der Waals surface area contributed by atoms with Crippen molar-refractivity contribution in [2.75, 3.05) is 17.7 Å². The summed E-state index contributed by atoms with van der Waals surface area (Å²) in [6.07, 6.45) is 0. The molecule has 16 heavy (non-hydrogen) atoms. The van der Waals surface area contributed by atoms with Crippen LogP contribution in [0.15, 0.2) is 46.9 Å². The van der Waals surface area contributed by atoms with Crippen LogP contribution in [0.25, 0.3) is 0 Å². The molecule has 1 aromatic carbocycles. The van der Waals surface area contributed by atoms with E-state index in [4.69, 9.17) is 0 Å². The van der Waals surface area contributed by atoms with Crippen molar-refractivity contribution in [1.29, 1.82) is 0 Å². The molecule has 82 valence electrons. The van der Waals surface area contributed by atoms with Gasteiger partial charge in [-0.3, -0.25) is 0 Å². The van der Waals surface area contributed by atoms with Gasteiger partial charge in [-0.1, -0.05) is 22.0 Å². The molecule has 0 bridgehead atoms. The molecule has 1 heterocycles. The van der Waals surface area contributed by atoms with E-state index in [0.717, 1.165) is 21.8 Å². The topological polar surface area (TPSA) is 37.0 Å². The van der Waals surface area contributed by atoms with E-state index in [9.17, 15) is 0 Å². The van der Waals surface area contributed by atoms with Gasteiger partial charge in [-0.05, 0) is 36.4 Å². The Bertz CT molecular complexity index is 468. The van der Waals surface area contributed by atoms with E-state index in [1.54, 1.807) is 0 Å². The number of halogens is 1. The van der Waals surface area contributed by atoms with Crippen molar-refractivity contribution in [1.82, 2.24) is 4.98 Å². The summed E-state index contributed by atoms with van der Waals surface area (Å²) < 4.78 is 1.06. The van der Waals surface area contributed by atoms with Crippen molar-refractivity contribution in [3.8, 4) is 0 Å². The molecule has 2 rings (SSSR count). The van der Waals surface area contributed by atoms with Gasteiger partial charge in [-0.15, -0.1) is 0 Å². The first kappa shape index (κ1) is 11.0. The SMILES string of the molecule is CNc1cccc(Nc2ccc(Br)cc2)n1. The number of benzene rings is 1. The molecule has 0 atom stereocenters. The molecule has 0 unspecified atom stereocenters. The highest BCUT2D eigenvalue weighted by Gasteiger charge is 1.97. The molecule has 3 nitrogen and oxygen atoms in total. The minimum Gasteiger partial charge on any atom is -0.373 e. The number of rotatable bonds is 3. The molecule has 0 saturated carbocycles. The third kappa shape index (κ3) is 2.73. The standard InChI is InChI=1S/C12H12BrN3/c1-14-11-3-2-4-12(16-11)15-10-7-5-9(13)6-8-10/h2-8H,1H3,(H2,14,15,16). The predicted octanol–water partition coefficient (Wildman–Crippen LogP) is 3.63. The van der Waals surface area contributed by atoms with E-state index in [-0.39, 0.29) is 0 Å². The van der Waals surface area contributed by atoms with E-state index >= 15 is 0 Å². The van der Waals surface area contributed by atoms with Gasteiger partial charge < -0.3 is 10.6 Å². The van der Waals surface area contributed by atoms with E-state index in [1.807, 2.05) is 49.5 Å². The van der Waals surface area contributed by atoms with E-state index < -0.39 is 0 Å². The lowest BCUT2D eigenvalue weighted by Gasteiger charge is -2.07. The molecule has 0 amide bonds. The largest absolute Gasteiger partial charge is 0.373 e. The monoisotopic (exact) mass is 277 g/mol. The van der Waals surface area contributed by atoms with Gasteiger partial charge in [0.25, 0.3) is 0 Å². The Morgan fingerprint density at radius 1 is 1.00 bits per heavy atom. The molecule has 0 aliphatic rings.